The highest BCUT2D eigenvalue weighted by atomic mass is 19.4. The molecule has 0 aliphatic carbocycles. The predicted octanol–water partition coefficient (Wildman–Crippen LogP) is 2.46. The highest BCUT2D eigenvalue weighted by Gasteiger charge is 2.54. The molecule has 1 fully saturated rings. The van der Waals surface area contributed by atoms with Crippen LogP contribution in [0.15, 0.2) is 24.5 Å². The number of para-hydroxylation sites is 1. The van der Waals surface area contributed by atoms with Crippen LogP contribution in [0.25, 0.3) is 11.0 Å². The van der Waals surface area contributed by atoms with Crippen LogP contribution in [0.3, 0.4) is 0 Å². The second kappa shape index (κ2) is 4.37. The summed E-state index contributed by atoms with van der Waals surface area (Å²) in [5.74, 6) is 0. The summed E-state index contributed by atoms with van der Waals surface area (Å²) in [7, 11) is 0. The molecule has 0 radical (unpaired) electrons. The Bertz CT molecular complexity index is 615. The van der Waals surface area contributed by atoms with Crippen molar-refractivity contribution in [2.24, 2.45) is 0 Å². The number of benzene rings is 1. The molecule has 7 heteroatoms. The van der Waals surface area contributed by atoms with E-state index in [9.17, 15) is 18.3 Å². The predicted molar refractivity (Wildman–Crippen MR) is 68.5 cm³/mol. The topological polar surface area (TPSA) is 52.1 Å². The zero-order chi connectivity index (χ0) is 14.4. The van der Waals surface area contributed by atoms with E-state index in [0.29, 0.717) is 0 Å². The lowest BCUT2D eigenvalue weighted by molar-refractivity contribution is -0.266. The number of nitrogens with one attached hydrogen (secondary N) is 1. The van der Waals surface area contributed by atoms with Gasteiger partial charge in [0.2, 0.25) is 0 Å². The molecule has 1 aliphatic rings. The monoisotopic (exact) mass is 285 g/mol. The first-order valence-electron chi connectivity index (χ1n) is 6.37. The first-order chi connectivity index (χ1) is 9.41. The van der Waals surface area contributed by atoms with Gasteiger partial charge in [-0.3, -0.25) is 0 Å². The minimum Gasteiger partial charge on any atom is -0.380 e. The Morgan fingerprint density at radius 3 is 2.60 bits per heavy atom. The fourth-order valence-corrected chi connectivity index (χ4v) is 2.61. The largest absolute Gasteiger partial charge is 0.417 e. The van der Waals surface area contributed by atoms with E-state index in [1.807, 2.05) is 23.1 Å². The number of anilines is 1. The van der Waals surface area contributed by atoms with Crippen LogP contribution in [-0.2, 0) is 0 Å². The summed E-state index contributed by atoms with van der Waals surface area (Å²) in [4.78, 5) is 9.01. The maximum atomic E-state index is 12.8. The molecule has 1 saturated heterocycles. The van der Waals surface area contributed by atoms with Gasteiger partial charge in [0.15, 0.2) is 5.60 Å². The summed E-state index contributed by atoms with van der Waals surface area (Å²) in [6, 6.07) is 5.53. The molecule has 1 aromatic carbocycles. The molecule has 1 aromatic heterocycles. The SMILES string of the molecule is OC1(C(F)(F)F)CCN(c2cccc3[nH]cnc23)CC1. The van der Waals surface area contributed by atoms with Gasteiger partial charge in [-0.1, -0.05) is 6.07 Å². The maximum Gasteiger partial charge on any atom is 0.417 e. The number of H-pyrrole nitrogens is 1. The van der Waals surface area contributed by atoms with Crippen molar-refractivity contribution >= 4 is 16.7 Å². The second-order valence-corrected chi connectivity index (χ2v) is 5.09. The van der Waals surface area contributed by atoms with Gasteiger partial charge in [-0.15, -0.1) is 0 Å². The van der Waals surface area contributed by atoms with Crippen LogP contribution in [-0.4, -0.2) is 39.9 Å². The fraction of sp³-hybridized carbons (Fsp3) is 0.462. The molecule has 20 heavy (non-hydrogen) atoms. The number of aliphatic hydroxyl groups is 1. The van der Waals surface area contributed by atoms with Crippen LogP contribution < -0.4 is 4.90 Å². The summed E-state index contributed by atoms with van der Waals surface area (Å²) in [5, 5.41) is 9.67. The molecule has 0 saturated carbocycles. The summed E-state index contributed by atoms with van der Waals surface area (Å²) in [6.07, 6.45) is -3.66. The van der Waals surface area contributed by atoms with Crippen molar-refractivity contribution in [1.29, 1.82) is 0 Å². The third kappa shape index (κ3) is 2.02. The normalized spacial score (nSPS) is 19.5. The van der Waals surface area contributed by atoms with Crippen molar-refractivity contribution in [3.63, 3.8) is 0 Å². The maximum absolute atomic E-state index is 12.8. The van der Waals surface area contributed by atoms with E-state index in [-0.39, 0.29) is 25.9 Å². The van der Waals surface area contributed by atoms with Crippen LogP contribution in [0.2, 0.25) is 0 Å². The first kappa shape index (κ1) is 13.2. The molecule has 0 unspecified atom stereocenters. The quantitative estimate of drug-likeness (QED) is 0.846. The molecule has 2 heterocycles. The van der Waals surface area contributed by atoms with Gasteiger partial charge >= 0.3 is 6.18 Å². The molecule has 0 amide bonds. The van der Waals surface area contributed by atoms with Crippen LogP contribution in [0.4, 0.5) is 18.9 Å². The van der Waals surface area contributed by atoms with Crippen molar-refractivity contribution in [3.8, 4) is 0 Å². The van der Waals surface area contributed by atoms with E-state index in [0.717, 1.165) is 16.7 Å². The van der Waals surface area contributed by atoms with Crippen LogP contribution in [0, 0.1) is 0 Å². The lowest BCUT2D eigenvalue weighted by Gasteiger charge is -2.40. The number of hydrogen-bond acceptors (Lipinski definition) is 3. The third-order valence-electron chi connectivity index (χ3n) is 3.89. The Morgan fingerprint density at radius 1 is 1.25 bits per heavy atom. The number of fused-ring (bicyclic) bond motifs is 1. The Hall–Kier alpha value is -1.76. The minimum atomic E-state index is -4.57. The van der Waals surface area contributed by atoms with Gasteiger partial charge < -0.3 is 15.0 Å². The Balaban J connectivity index is 1.84. The third-order valence-corrected chi connectivity index (χ3v) is 3.89. The van der Waals surface area contributed by atoms with E-state index < -0.39 is 11.8 Å². The number of halogens is 3. The minimum absolute atomic E-state index is 0.155. The Labute approximate surface area is 113 Å². The van der Waals surface area contributed by atoms with Gasteiger partial charge in [0, 0.05) is 25.9 Å². The second-order valence-electron chi connectivity index (χ2n) is 5.09. The fourth-order valence-electron chi connectivity index (χ4n) is 2.61. The molecule has 4 nitrogen and oxygen atoms in total. The number of hydrogen-bond donors (Lipinski definition) is 2. The zero-order valence-corrected chi connectivity index (χ0v) is 10.6. The van der Waals surface area contributed by atoms with Gasteiger partial charge in [0.1, 0.15) is 5.52 Å². The molecule has 0 bridgehead atoms. The molecule has 3 rings (SSSR count). The van der Waals surface area contributed by atoms with E-state index in [4.69, 9.17) is 0 Å². The van der Waals surface area contributed by atoms with Gasteiger partial charge in [0.05, 0.1) is 17.5 Å². The Kier molecular flexibility index (Phi) is 2.89. The number of piperidine rings is 1. The number of rotatable bonds is 1. The van der Waals surface area contributed by atoms with Crippen molar-refractivity contribution in [2.45, 2.75) is 24.6 Å². The lowest BCUT2D eigenvalue weighted by atomic mass is 9.90. The molecular weight excluding hydrogens is 271 g/mol. The van der Waals surface area contributed by atoms with Crippen molar-refractivity contribution in [2.75, 3.05) is 18.0 Å². The van der Waals surface area contributed by atoms with Crippen LogP contribution in [0.5, 0.6) is 0 Å². The zero-order valence-electron chi connectivity index (χ0n) is 10.6. The average Bonchev–Trinajstić information content (AvgIpc) is 2.86. The van der Waals surface area contributed by atoms with Gasteiger partial charge in [0.25, 0.3) is 0 Å². The van der Waals surface area contributed by atoms with Crippen LogP contribution >= 0.6 is 0 Å². The summed E-state index contributed by atoms with van der Waals surface area (Å²) in [5.41, 5.74) is -0.180. The standard InChI is InChI=1S/C13H14F3N3O/c14-13(15,16)12(20)4-6-19(7-5-12)10-3-1-2-9-11(10)18-8-17-9/h1-3,8,20H,4-7H2,(H,17,18). The number of nitrogens with zero attached hydrogens (tertiary/aromatic N) is 2. The molecule has 2 N–H and O–H groups in total. The number of aromatic nitrogens is 2. The average molecular weight is 285 g/mol. The smallest absolute Gasteiger partial charge is 0.380 e. The number of alkyl halides is 3. The molecule has 2 aromatic rings. The molecule has 0 spiro atoms. The van der Waals surface area contributed by atoms with E-state index in [1.165, 1.54) is 0 Å². The molecular formula is C13H14F3N3O. The molecule has 0 atom stereocenters. The summed E-state index contributed by atoms with van der Waals surface area (Å²) < 4.78 is 38.3. The number of aromatic amines is 1. The van der Waals surface area contributed by atoms with Gasteiger partial charge in [-0.2, -0.15) is 13.2 Å². The summed E-state index contributed by atoms with van der Waals surface area (Å²) >= 11 is 0. The van der Waals surface area contributed by atoms with E-state index in [1.54, 1.807) is 6.33 Å². The van der Waals surface area contributed by atoms with Gasteiger partial charge in [-0.05, 0) is 12.1 Å². The molecule has 1 aliphatic heterocycles. The van der Waals surface area contributed by atoms with Crippen molar-refractivity contribution < 1.29 is 18.3 Å². The number of imidazole rings is 1. The van der Waals surface area contributed by atoms with Crippen molar-refractivity contribution in [1.82, 2.24) is 9.97 Å². The molecule has 108 valence electrons. The van der Waals surface area contributed by atoms with E-state index in [2.05, 4.69) is 9.97 Å². The van der Waals surface area contributed by atoms with Gasteiger partial charge in [-0.25, -0.2) is 4.98 Å². The van der Waals surface area contributed by atoms with Crippen molar-refractivity contribution in [3.05, 3.63) is 24.5 Å². The van der Waals surface area contributed by atoms with Crippen LogP contribution in [0.1, 0.15) is 12.8 Å². The lowest BCUT2D eigenvalue weighted by Crippen LogP contribution is -2.53. The summed E-state index contributed by atoms with van der Waals surface area (Å²) in [6.45, 7) is 0.309. The first-order valence-corrected chi connectivity index (χ1v) is 6.37. The highest BCUT2D eigenvalue weighted by molar-refractivity contribution is 5.88. The Morgan fingerprint density at radius 2 is 1.95 bits per heavy atom. The highest BCUT2D eigenvalue weighted by Crippen LogP contribution is 2.39. The van der Waals surface area contributed by atoms with E-state index >= 15 is 0 Å².